The van der Waals surface area contributed by atoms with Gasteiger partial charge >= 0.3 is 0 Å². The third-order valence-corrected chi connectivity index (χ3v) is 3.60. The third-order valence-electron chi connectivity index (χ3n) is 3.60. The first-order chi connectivity index (χ1) is 11.1. The van der Waals surface area contributed by atoms with Crippen molar-refractivity contribution in [3.63, 3.8) is 0 Å². The van der Waals surface area contributed by atoms with Crippen molar-refractivity contribution in [1.29, 1.82) is 0 Å². The van der Waals surface area contributed by atoms with Crippen LogP contribution in [0.3, 0.4) is 0 Å². The van der Waals surface area contributed by atoms with Gasteiger partial charge < -0.3 is 9.42 Å². The van der Waals surface area contributed by atoms with Gasteiger partial charge in [-0.3, -0.25) is 4.79 Å². The van der Waals surface area contributed by atoms with Crippen LogP contribution in [-0.4, -0.2) is 17.6 Å². The monoisotopic (exact) mass is 316 g/mol. The van der Waals surface area contributed by atoms with E-state index < -0.39 is 11.6 Å². The molecule has 0 fully saturated rings. The van der Waals surface area contributed by atoms with Crippen molar-refractivity contribution < 1.29 is 18.1 Å². The zero-order valence-electron chi connectivity index (χ0n) is 12.4. The van der Waals surface area contributed by atoms with Gasteiger partial charge in [0, 0.05) is 23.7 Å². The molecule has 0 aliphatic carbocycles. The summed E-state index contributed by atoms with van der Waals surface area (Å²) in [7, 11) is 0. The molecule has 1 amide bonds. The second-order valence-electron chi connectivity index (χ2n) is 5.04. The van der Waals surface area contributed by atoms with Gasteiger partial charge in [-0.05, 0) is 31.2 Å². The first kappa shape index (κ1) is 15.1. The number of hydrogen-bond donors (Lipinski definition) is 0. The highest BCUT2D eigenvalue weighted by Crippen LogP contribution is 2.22. The van der Waals surface area contributed by atoms with Crippen LogP contribution in [0, 0.1) is 11.6 Å². The van der Waals surface area contributed by atoms with E-state index in [0.29, 0.717) is 23.5 Å². The van der Waals surface area contributed by atoms with Crippen LogP contribution in [0.25, 0.3) is 11.0 Å². The Hall–Kier alpha value is -2.76. The molecule has 0 N–H and O–H groups in total. The number of hydrogen-bond acceptors (Lipinski definition) is 3. The Balaban J connectivity index is 1.86. The molecule has 0 aliphatic heterocycles. The van der Waals surface area contributed by atoms with Crippen LogP contribution >= 0.6 is 0 Å². The number of aromatic nitrogens is 1. The quantitative estimate of drug-likeness (QED) is 0.737. The first-order valence-electron chi connectivity index (χ1n) is 7.19. The molecule has 4 nitrogen and oxygen atoms in total. The van der Waals surface area contributed by atoms with E-state index in [4.69, 9.17) is 4.52 Å². The Labute approximate surface area is 131 Å². The fourth-order valence-corrected chi connectivity index (χ4v) is 2.46. The van der Waals surface area contributed by atoms with Gasteiger partial charge in [-0.1, -0.05) is 17.3 Å². The maximum absolute atomic E-state index is 13.4. The SMILES string of the molecule is CCN(C(=O)Cc1noc2ccccc12)c1ccc(F)c(F)c1. The van der Waals surface area contributed by atoms with Crippen LogP contribution in [-0.2, 0) is 11.2 Å². The predicted octanol–water partition coefficient (Wildman–Crippen LogP) is 3.70. The molecule has 0 unspecified atom stereocenters. The fourth-order valence-electron chi connectivity index (χ4n) is 2.46. The summed E-state index contributed by atoms with van der Waals surface area (Å²) >= 11 is 0. The highest BCUT2D eigenvalue weighted by Gasteiger charge is 2.19. The van der Waals surface area contributed by atoms with Crippen molar-refractivity contribution in [2.75, 3.05) is 11.4 Å². The highest BCUT2D eigenvalue weighted by molar-refractivity contribution is 5.96. The van der Waals surface area contributed by atoms with Crippen LogP contribution in [0.4, 0.5) is 14.5 Å². The molecule has 118 valence electrons. The van der Waals surface area contributed by atoms with Crippen molar-refractivity contribution in [3.05, 3.63) is 59.8 Å². The molecule has 3 aromatic rings. The number of carbonyl (C=O) groups excluding carboxylic acids is 1. The van der Waals surface area contributed by atoms with Gasteiger partial charge in [-0.2, -0.15) is 0 Å². The van der Waals surface area contributed by atoms with E-state index in [2.05, 4.69) is 5.16 Å². The largest absolute Gasteiger partial charge is 0.356 e. The molecule has 1 heterocycles. The molecule has 23 heavy (non-hydrogen) atoms. The van der Waals surface area contributed by atoms with E-state index in [1.165, 1.54) is 11.0 Å². The fraction of sp³-hybridized carbons (Fsp3) is 0.176. The maximum Gasteiger partial charge on any atom is 0.233 e. The second kappa shape index (κ2) is 6.16. The van der Waals surface area contributed by atoms with E-state index in [1.54, 1.807) is 13.0 Å². The number of benzene rings is 2. The van der Waals surface area contributed by atoms with Crippen LogP contribution < -0.4 is 4.90 Å². The first-order valence-corrected chi connectivity index (χ1v) is 7.19. The number of likely N-dealkylation sites (N-methyl/N-ethyl adjacent to an activating group) is 1. The van der Waals surface area contributed by atoms with Crippen molar-refractivity contribution in [3.8, 4) is 0 Å². The molecule has 0 bridgehead atoms. The molecule has 6 heteroatoms. The number of halogens is 2. The topological polar surface area (TPSA) is 46.3 Å². The lowest BCUT2D eigenvalue weighted by atomic mass is 10.1. The summed E-state index contributed by atoms with van der Waals surface area (Å²) < 4.78 is 31.6. The molecule has 3 rings (SSSR count). The smallest absolute Gasteiger partial charge is 0.233 e. The highest BCUT2D eigenvalue weighted by atomic mass is 19.2. The van der Waals surface area contributed by atoms with Gasteiger partial charge in [0.05, 0.1) is 6.42 Å². The number of amides is 1. The standard InChI is InChI=1S/C17H14F2N2O2/c1-2-21(11-7-8-13(18)14(19)9-11)17(22)10-15-12-5-3-4-6-16(12)23-20-15/h3-9H,2,10H2,1H3. The van der Waals surface area contributed by atoms with Crippen LogP contribution in [0.15, 0.2) is 47.0 Å². The molecule has 2 aromatic carbocycles. The normalized spacial score (nSPS) is 10.9. The number of rotatable bonds is 4. The van der Waals surface area contributed by atoms with Crippen LogP contribution in [0.2, 0.25) is 0 Å². The van der Waals surface area contributed by atoms with E-state index in [1.807, 2.05) is 18.2 Å². The Morgan fingerprint density at radius 3 is 2.70 bits per heavy atom. The molecule has 0 atom stereocenters. The van der Waals surface area contributed by atoms with E-state index in [0.717, 1.165) is 17.5 Å². The number of anilines is 1. The Bertz CT molecular complexity index is 861. The summed E-state index contributed by atoms with van der Waals surface area (Å²) in [5.41, 5.74) is 1.43. The van der Waals surface area contributed by atoms with Crippen molar-refractivity contribution >= 4 is 22.6 Å². The Morgan fingerprint density at radius 2 is 1.96 bits per heavy atom. The van der Waals surface area contributed by atoms with Crippen LogP contribution in [0.1, 0.15) is 12.6 Å². The lowest BCUT2D eigenvalue weighted by molar-refractivity contribution is -0.118. The minimum Gasteiger partial charge on any atom is -0.356 e. The minimum atomic E-state index is -0.986. The molecule has 0 radical (unpaired) electrons. The number of carbonyl (C=O) groups is 1. The number of nitrogens with zero attached hydrogens (tertiary/aromatic N) is 2. The van der Waals surface area contributed by atoms with E-state index in [9.17, 15) is 13.6 Å². The van der Waals surface area contributed by atoms with Crippen molar-refractivity contribution in [2.24, 2.45) is 0 Å². The summed E-state index contributed by atoms with van der Waals surface area (Å²) in [6, 6.07) is 10.6. The van der Waals surface area contributed by atoms with E-state index in [-0.39, 0.29) is 12.3 Å². The Morgan fingerprint density at radius 1 is 1.17 bits per heavy atom. The molecule has 0 saturated carbocycles. The van der Waals surface area contributed by atoms with Crippen molar-refractivity contribution in [2.45, 2.75) is 13.3 Å². The lowest BCUT2D eigenvalue weighted by Gasteiger charge is -2.20. The van der Waals surface area contributed by atoms with Crippen molar-refractivity contribution in [1.82, 2.24) is 5.16 Å². The third kappa shape index (κ3) is 2.92. The summed E-state index contributed by atoms with van der Waals surface area (Å²) in [5.74, 6) is -2.20. The summed E-state index contributed by atoms with van der Waals surface area (Å²) in [6.07, 6.45) is 0.0177. The molecule has 0 aliphatic rings. The number of para-hydroxylation sites is 1. The zero-order chi connectivity index (χ0) is 16.4. The summed E-state index contributed by atoms with van der Waals surface area (Å²) in [5, 5.41) is 4.69. The van der Waals surface area contributed by atoms with E-state index >= 15 is 0 Å². The summed E-state index contributed by atoms with van der Waals surface area (Å²) in [6.45, 7) is 2.10. The predicted molar refractivity (Wildman–Crippen MR) is 82.1 cm³/mol. The van der Waals surface area contributed by atoms with Crippen LogP contribution in [0.5, 0.6) is 0 Å². The van der Waals surface area contributed by atoms with Gasteiger partial charge in [-0.25, -0.2) is 8.78 Å². The van der Waals surface area contributed by atoms with Gasteiger partial charge in [0.25, 0.3) is 0 Å². The van der Waals surface area contributed by atoms with Gasteiger partial charge in [-0.15, -0.1) is 0 Å². The van der Waals surface area contributed by atoms with Gasteiger partial charge in [0.15, 0.2) is 17.2 Å². The lowest BCUT2D eigenvalue weighted by Crippen LogP contribution is -2.32. The average Bonchev–Trinajstić information content (AvgIpc) is 2.95. The molecular weight excluding hydrogens is 302 g/mol. The van der Waals surface area contributed by atoms with Gasteiger partial charge in [0.1, 0.15) is 5.69 Å². The zero-order valence-corrected chi connectivity index (χ0v) is 12.4. The molecular formula is C17H14F2N2O2. The summed E-state index contributed by atoms with van der Waals surface area (Å²) in [4.78, 5) is 13.9. The molecule has 1 aromatic heterocycles. The second-order valence-corrected chi connectivity index (χ2v) is 5.04. The molecule has 0 spiro atoms. The maximum atomic E-state index is 13.4. The number of fused-ring (bicyclic) bond motifs is 1. The molecule has 0 saturated heterocycles. The van der Waals surface area contributed by atoms with Gasteiger partial charge in [0.2, 0.25) is 5.91 Å². The average molecular weight is 316 g/mol. The Kier molecular flexibility index (Phi) is 4.06. The minimum absolute atomic E-state index is 0.0177.